The van der Waals surface area contributed by atoms with Gasteiger partial charge in [-0.15, -0.1) is 0 Å². The van der Waals surface area contributed by atoms with Crippen molar-refractivity contribution < 1.29 is 4.52 Å². The number of nitrogens with zero attached hydrogens (tertiary/aromatic N) is 4. The zero-order valence-corrected chi connectivity index (χ0v) is 13.7. The molecule has 0 saturated carbocycles. The van der Waals surface area contributed by atoms with E-state index in [4.69, 9.17) is 4.52 Å². The maximum atomic E-state index is 5.58. The highest BCUT2D eigenvalue weighted by molar-refractivity contribution is 5.58. The van der Waals surface area contributed by atoms with Gasteiger partial charge in [-0.1, -0.05) is 35.5 Å². The van der Waals surface area contributed by atoms with E-state index in [-0.39, 0.29) is 6.04 Å². The molecule has 0 bridgehead atoms. The van der Waals surface area contributed by atoms with Gasteiger partial charge in [0, 0.05) is 50.7 Å². The van der Waals surface area contributed by atoms with Crippen molar-refractivity contribution in [1.82, 2.24) is 24.9 Å². The maximum absolute atomic E-state index is 5.58. The van der Waals surface area contributed by atoms with Crippen LogP contribution in [-0.2, 0) is 13.6 Å². The highest BCUT2D eigenvalue weighted by Gasteiger charge is 2.27. The monoisotopic (exact) mass is 323 g/mol. The second-order valence-electron chi connectivity index (χ2n) is 6.13. The lowest BCUT2D eigenvalue weighted by atomic mass is 10.1. The first-order valence-electron chi connectivity index (χ1n) is 8.24. The molecule has 6 heteroatoms. The number of nitrogens with one attached hydrogen (secondary N) is 1. The molecule has 0 aliphatic carbocycles. The van der Waals surface area contributed by atoms with Gasteiger partial charge in [0.15, 0.2) is 5.76 Å². The highest BCUT2D eigenvalue weighted by atomic mass is 16.5. The van der Waals surface area contributed by atoms with Crippen LogP contribution in [0, 0.1) is 0 Å². The van der Waals surface area contributed by atoms with Gasteiger partial charge in [-0.05, 0) is 0 Å². The van der Waals surface area contributed by atoms with Crippen molar-refractivity contribution in [2.75, 3.05) is 19.6 Å². The molecule has 2 aromatic heterocycles. The Morgan fingerprint density at radius 3 is 2.96 bits per heavy atom. The molecular weight excluding hydrogens is 302 g/mol. The Bertz CT molecular complexity index is 795. The lowest BCUT2D eigenvalue weighted by molar-refractivity contribution is 0.130. The third-order valence-corrected chi connectivity index (χ3v) is 4.50. The summed E-state index contributed by atoms with van der Waals surface area (Å²) in [4.78, 5) is 6.92. The van der Waals surface area contributed by atoms with Crippen LogP contribution in [-0.4, -0.2) is 39.2 Å². The molecule has 4 rings (SSSR count). The lowest BCUT2D eigenvalue weighted by Gasteiger charge is -2.34. The molecule has 1 aliphatic heterocycles. The fourth-order valence-electron chi connectivity index (χ4n) is 3.22. The van der Waals surface area contributed by atoms with Gasteiger partial charge in [-0.2, -0.15) is 0 Å². The SMILES string of the molecule is Cn1ccnc1C1CNCCN1Cc1cc(-c2ccccc2)no1. The van der Waals surface area contributed by atoms with Crippen LogP contribution in [0.1, 0.15) is 17.6 Å². The summed E-state index contributed by atoms with van der Waals surface area (Å²) in [6.07, 6.45) is 3.84. The summed E-state index contributed by atoms with van der Waals surface area (Å²) < 4.78 is 7.66. The van der Waals surface area contributed by atoms with Crippen molar-refractivity contribution in [3.8, 4) is 11.3 Å². The first-order valence-corrected chi connectivity index (χ1v) is 8.24. The topological polar surface area (TPSA) is 59.1 Å². The minimum atomic E-state index is 0.240. The van der Waals surface area contributed by atoms with Gasteiger partial charge in [0.05, 0.1) is 12.6 Å². The Kier molecular flexibility index (Phi) is 4.15. The van der Waals surface area contributed by atoms with Crippen LogP contribution < -0.4 is 5.32 Å². The normalized spacial score (nSPS) is 18.8. The molecular formula is C18H21N5O. The van der Waals surface area contributed by atoms with Crippen LogP contribution >= 0.6 is 0 Å². The average molecular weight is 323 g/mol. The first-order chi connectivity index (χ1) is 11.8. The number of imidazole rings is 1. The average Bonchev–Trinajstić information content (AvgIpc) is 3.25. The standard InChI is InChI=1S/C18H21N5O/c1-22-9-8-20-18(22)17-12-19-7-10-23(17)13-15-11-16(21-24-15)14-5-3-2-4-6-14/h2-6,8-9,11,17,19H,7,10,12-13H2,1H3. The van der Waals surface area contributed by atoms with Crippen LogP contribution in [0.4, 0.5) is 0 Å². The Morgan fingerprint density at radius 1 is 1.29 bits per heavy atom. The summed E-state index contributed by atoms with van der Waals surface area (Å²) >= 11 is 0. The zero-order chi connectivity index (χ0) is 16.4. The highest BCUT2D eigenvalue weighted by Crippen LogP contribution is 2.25. The molecule has 0 radical (unpaired) electrons. The van der Waals surface area contributed by atoms with E-state index in [9.17, 15) is 0 Å². The van der Waals surface area contributed by atoms with Gasteiger partial charge in [0.25, 0.3) is 0 Å². The van der Waals surface area contributed by atoms with E-state index < -0.39 is 0 Å². The molecule has 3 heterocycles. The van der Waals surface area contributed by atoms with Crippen LogP contribution in [0.25, 0.3) is 11.3 Å². The first kappa shape index (κ1) is 15.1. The Morgan fingerprint density at radius 2 is 2.17 bits per heavy atom. The number of hydrogen-bond donors (Lipinski definition) is 1. The van der Waals surface area contributed by atoms with E-state index in [0.29, 0.717) is 0 Å². The maximum Gasteiger partial charge on any atom is 0.151 e. The zero-order valence-electron chi connectivity index (χ0n) is 13.7. The third kappa shape index (κ3) is 2.98. The van der Waals surface area contributed by atoms with Crippen molar-refractivity contribution in [3.05, 3.63) is 60.4 Å². The van der Waals surface area contributed by atoms with E-state index in [0.717, 1.165) is 49.0 Å². The predicted octanol–water partition coefficient (Wildman–Crippen LogP) is 2.22. The van der Waals surface area contributed by atoms with E-state index in [1.165, 1.54) is 0 Å². The summed E-state index contributed by atoms with van der Waals surface area (Å²) in [5, 5.41) is 7.68. The fourth-order valence-corrected chi connectivity index (χ4v) is 3.22. The molecule has 124 valence electrons. The Balaban J connectivity index is 1.53. The molecule has 0 spiro atoms. The van der Waals surface area contributed by atoms with E-state index in [2.05, 4.69) is 24.9 Å². The summed E-state index contributed by atoms with van der Waals surface area (Å²) in [5.41, 5.74) is 1.96. The Hall–Kier alpha value is -2.44. The van der Waals surface area contributed by atoms with Gasteiger partial charge >= 0.3 is 0 Å². The van der Waals surface area contributed by atoms with Crippen molar-refractivity contribution in [2.24, 2.45) is 7.05 Å². The molecule has 24 heavy (non-hydrogen) atoms. The number of piperazine rings is 1. The summed E-state index contributed by atoms with van der Waals surface area (Å²) in [7, 11) is 2.04. The van der Waals surface area contributed by atoms with Gasteiger partial charge in [-0.25, -0.2) is 4.98 Å². The van der Waals surface area contributed by atoms with Gasteiger partial charge in [0.2, 0.25) is 0 Å². The number of rotatable bonds is 4. The summed E-state index contributed by atoms with van der Waals surface area (Å²) in [6, 6.07) is 12.4. The minimum Gasteiger partial charge on any atom is -0.359 e. The van der Waals surface area contributed by atoms with Crippen LogP contribution in [0.2, 0.25) is 0 Å². The quantitative estimate of drug-likeness (QED) is 0.798. The summed E-state index contributed by atoms with van der Waals surface area (Å²) in [5.74, 6) is 1.96. The fraction of sp³-hybridized carbons (Fsp3) is 0.333. The Labute approximate surface area is 141 Å². The van der Waals surface area contributed by atoms with Crippen LogP contribution in [0.15, 0.2) is 53.3 Å². The minimum absolute atomic E-state index is 0.240. The predicted molar refractivity (Wildman–Crippen MR) is 91.2 cm³/mol. The van der Waals surface area contributed by atoms with E-state index >= 15 is 0 Å². The number of aromatic nitrogens is 3. The molecule has 3 aromatic rings. The lowest BCUT2D eigenvalue weighted by Crippen LogP contribution is -2.46. The molecule has 1 N–H and O–H groups in total. The molecule has 6 nitrogen and oxygen atoms in total. The molecule has 1 unspecified atom stereocenters. The van der Waals surface area contributed by atoms with Crippen molar-refractivity contribution in [1.29, 1.82) is 0 Å². The molecule has 0 amide bonds. The molecule has 1 fully saturated rings. The number of aryl methyl sites for hydroxylation is 1. The largest absolute Gasteiger partial charge is 0.359 e. The number of benzene rings is 1. The van der Waals surface area contributed by atoms with Crippen LogP contribution in [0.3, 0.4) is 0 Å². The van der Waals surface area contributed by atoms with Crippen molar-refractivity contribution in [2.45, 2.75) is 12.6 Å². The van der Waals surface area contributed by atoms with Gasteiger partial charge in [0.1, 0.15) is 11.5 Å². The number of hydrogen-bond acceptors (Lipinski definition) is 5. The smallest absolute Gasteiger partial charge is 0.151 e. The van der Waals surface area contributed by atoms with Crippen molar-refractivity contribution >= 4 is 0 Å². The third-order valence-electron chi connectivity index (χ3n) is 4.50. The molecule has 1 atom stereocenters. The molecule has 1 aromatic carbocycles. The van der Waals surface area contributed by atoms with Gasteiger partial charge in [-0.3, -0.25) is 4.90 Å². The second-order valence-corrected chi connectivity index (χ2v) is 6.13. The second kappa shape index (κ2) is 6.59. The van der Waals surface area contributed by atoms with Gasteiger partial charge < -0.3 is 14.4 Å². The summed E-state index contributed by atoms with van der Waals surface area (Å²) in [6.45, 7) is 3.56. The van der Waals surface area contributed by atoms with Crippen molar-refractivity contribution in [3.63, 3.8) is 0 Å². The van der Waals surface area contributed by atoms with E-state index in [1.807, 2.05) is 55.8 Å². The van der Waals surface area contributed by atoms with E-state index in [1.54, 1.807) is 0 Å². The molecule has 1 saturated heterocycles. The van der Waals surface area contributed by atoms with Crippen LogP contribution in [0.5, 0.6) is 0 Å². The molecule has 1 aliphatic rings.